The zero-order valence-electron chi connectivity index (χ0n) is 10.5. The molecule has 1 heterocycles. The number of methoxy groups -OCH3 is 1. The van der Waals surface area contributed by atoms with Gasteiger partial charge in [-0.2, -0.15) is 5.26 Å². The molecule has 1 aliphatic heterocycles. The lowest BCUT2D eigenvalue weighted by atomic mass is 10.1. The minimum atomic E-state index is -0.288. The quantitative estimate of drug-likeness (QED) is 0.819. The standard InChI is InChI=1S/C14H17FN2O/c1-18-10-12-4-5-17(8-12)9-13-3-2-11(7-16)6-14(13)15/h2-3,6,12H,4-5,8-10H2,1H3. The fourth-order valence-electron chi connectivity index (χ4n) is 2.41. The topological polar surface area (TPSA) is 36.3 Å². The summed E-state index contributed by atoms with van der Waals surface area (Å²) in [5.74, 6) is 0.265. The zero-order valence-corrected chi connectivity index (χ0v) is 10.5. The van der Waals surface area contributed by atoms with Gasteiger partial charge >= 0.3 is 0 Å². The van der Waals surface area contributed by atoms with Crippen LogP contribution in [0.2, 0.25) is 0 Å². The Morgan fingerprint density at radius 3 is 3.06 bits per heavy atom. The first-order chi connectivity index (χ1) is 8.72. The van der Waals surface area contributed by atoms with Crippen molar-refractivity contribution in [2.45, 2.75) is 13.0 Å². The van der Waals surface area contributed by atoms with E-state index in [4.69, 9.17) is 10.00 Å². The van der Waals surface area contributed by atoms with Gasteiger partial charge in [0.2, 0.25) is 0 Å². The van der Waals surface area contributed by atoms with Gasteiger partial charge in [0.05, 0.1) is 18.2 Å². The predicted molar refractivity (Wildman–Crippen MR) is 66.4 cm³/mol. The Kier molecular flexibility index (Phi) is 4.29. The predicted octanol–water partition coefficient (Wildman–Crippen LogP) is 2.17. The van der Waals surface area contributed by atoms with Crippen molar-refractivity contribution in [3.63, 3.8) is 0 Å². The van der Waals surface area contributed by atoms with Crippen LogP contribution in [0.4, 0.5) is 4.39 Å². The van der Waals surface area contributed by atoms with E-state index < -0.39 is 0 Å². The molecule has 1 atom stereocenters. The molecule has 0 N–H and O–H groups in total. The fraction of sp³-hybridized carbons (Fsp3) is 0.500. The molecule has 4 heteroatoms. The molecule has 1 aromatic rings. The molecule has 18 heavy (non-hydrogen) atoms. The van der Waals surface area contributed by atoms with Gasteiger partial charge in [-0.15, -0.1) is 0 Å². The first-order valence-electron chi connectivity index (χ1n) is 6.12. The fourth-order valence-corrected chi connectivity index (χ4v) is 2.41. The minimum absolute atomic E-state index is 0.288. The molecule has 1 saturated heterocycles. The van der Waals surface area contributed by atoms with E-state index in [1.165, 1.54) is 6.07 Å². The average Bonchev–Trinajstić information content (AvgIpc) is 2.80. The Morgan fingerprint density at radius 2 is 2.39 bits per heavy atom. The van der Waals surface area contributed by atoms with E-state index in [0.717, 1.165) is 26.1 Å². The van der Waals surface area contributed by atoms with Crippen molar-refractivity contribution in [3.8, 4) is 6.07 Å². The first kappa shape index (κ1) is 13.0. The smallest absolute Gasteiger partial charge is 0.129 e. The van der Waals surface area contributed by atoms with E-state index in [2.05, 4.69) is 4.90 Å². The van der Waals surface area contributed by atoms with E-state index in [-0.39, 0.29) is 5.82 Å². The van der Waals surface area contributed by atoms with E-state index in [0.29, 0.717) is 23.6 Å². The van der Waals surface area contributed by atoms with Crippen molar-refractivity contribution in [3.05, 3.63) is 35.1 Å². The van der Waals surface area contributed by atoms with Crippen molar-refractivity contribution in [2.75, 3.05) is 26.8 Å². The summed E-state index contributed by atoms with van der Waals surface area (Å²) in [6.45, 7) is 3.31. The number of nitriles is 1. The van der Waals surface area contributed by atoms with E-state index in [9.17, 15) is 4.39 Å². The second-order valence-corrected chi connectivity index (χ2v) is 4.76. The van der Waals surface area contributed by atoms with Crippen molar-refractivity contribution in [1.29, 1.82) is 5.26 Å². The van der Waals surface area contributed by atoms with Gasteiger partial charge in [0.15, 0.2) is 0 Å². The highest BCUT2D eigenvalue weighted by molar-refractivity contribution is 5.32. The van der Waals surface area contributed by atoms with Crippen molar-refractivity contribution < 1.29 is 9.13 Å². The maximum atomic E-state index is 13.7. The monoisotopic (exact) mass is 248 g/mol. The summed E-state index contributed by atoms with van der Waals surface area (Å²) in [7, 11) is 1.71. The molecule has 0 radical (unpaired) electrons. The van der Waals surface area contributed by atoms with Crippen LogP contribution in [0.1, 0.15) is 17.5 Å². The number of ether oxygens (including phenoxy) is 1. The summed E-state index contributed by atoms with van der Waals surface area (Å²) in [6.07, 6.45) is 1.10. The number of nitrogens with zero attached hydrogens (tertiary/aromatic N) is 2. The van der Waals surface area contributed by atoms with Crippen molar-refractivity contribution in [2.24, 2.45) is 5.92 Å². The van der Waals surface area contributed by atoms with E-state index in [1.807, 2.05) is 6.07 Å². The lowest BCUT2D eigenvalue weighted by molar-refractivity contribution is 0.152. The lowest BCUT2D eigenvalue weighted by Gasteiger charge is -2.16. The first-order valence-corrected chi connectivity index (χ1v) is 6.12. The molecule has 0 aromatic heterocycles. The Balaban J connectivity index is 1.96. The summed E-state index contributed by atoms with van der Waals surface area (Å²) >= 11 is 0. The summed E-state index contributed by atoms with van der Waals surface area (Å²) in [6, 6.07) is 6.62. The third-order valence-corrected chi connectivity index (χ3v) is 3.35. The Hall–Kier alpha value is -1.44. The molecule has 2 rings (SSSR count). The molecular weight excluding hydrogens is 231 g/mol. The summed E-state index contributed by atoms with van der Waals surface area (Å²) in [5.41, 5.74) is 1.03. The number of benzene rings is 1. The van der Waals surface area contributed by atoms with Crippen LogP contribution >= 0.6 is 0 Å². The molecular formula is C14H17FN2O. The maximum Gasteiger partial charge on any atom is 0.129 e. The van der Waals surface area contributed by atoms with Crippen LogP contribution in [0.15, 0.2) is 18.2 Å². The highest BCUT2D eigenvalue weighted by Crippen LogP contribution is 2.20. The van der Waals surface area contributed by atoms with Gasteiger partial charge in [0, 0.05) is 25.8 Å². The molecule has 0 spiro atoms. The van der Waals surface area contributed by atoms with Crippen LogP contribution in [-0.4, -0.2) is 31.7 Å². The molecule has 1 unspecified atom stereocenters. The van der Waals surface area contributed by atoms with Crippen LogP contribution in [0.25, 0.3) is 0 Å². The van der Waals surface area contributed by atoms with Crippen LogP contribution < -0.4 is 0 Å². The van der Waals surface area contributed by atoms with Crippen molar-refractivity contribution in [1.82, 2.24) is 4.90 Å². The number of halogens is 1. The van der Waals surface area contributed by atoms with Crippen LogP contribution in [-0.2, 0) is 11.3 Å². The van der Waals surface area contributed by atoms with Crippen molar-refractivity contribution >= 4 is 0 Å². The summed E-state index contributed by atoms with van der Waals surface area (Å²) in [5, 5.41) is 8.69. The molecule has 0 amide bonds. The lowest BCUT2D eigenvalue weighted by Crippen LogP contribution is -2.21. The Labute approximate surface area is 107 Å². The second-order valence-electron chi connectivity index (χ2n) is 4.76. The number of hydrogen-bond acceptors (Lipinski definition) is 3. The summed E-state index contributed by atoms with van der Waals surface area (Å²) < 4.78 is 18.9. The largest absolute Gasteiger partial charge is 0.384 e. The Bertz CT molecular complexity index is 456. The highest BCUT2D eigenvalue weighted by Gasteiger charge is 2.22. The molecule has 0 saturated carbocycles. The van der Waals surface area contributed by atoms with E-state index >= 15 is 0 Å². The molecule has 0 aliphatic carbocycles. The maximum absolute atomic E-state index is 13.7. The van der Waals surface area contributed by atoms with Gasteiger partial charge in [-0.1, -0.05) is 6.07 Å². The van der Waals surface area contributed by atoms with Gasteiger partial charge in [-0.3, -0.25) is 4.90 Å². The van der Waals surface area contributed by atoms with E-state index in [1.54, 1.807) is 19.2 Å². The molecule has 0 bridgehead atoms. The van der Waals surface area contributed by atoms with Gasteiger partial charge in [-0.25, -0.2) is 4.39 Å². The molecule has 1 aromatic carbocycles. The van der Waals surface area contributed by atoms with Gasteiger partial charge in [0.25, 0.3) is 0 Å². The van der Waals surface area contributed by atoms with Gasteiger partial charge < -0.3 is 4.74 Å². The summed E-state index contributed by atoms with van der Waals surface area (Å²) in [4.78, 5) is 2.23. The average molecular weight is 248 g/mol. The van der Waals surface area contributed by atoms with Gasteiger partial charge in [-0.05, 0) is 31.0 Å². The zero-order chi connectivity index (χ0) is 13.0. The van der Waals surface area contributed by atoms with Crippen LogP contribution in [0.5, 0.6) is 0 Å². The van der Waals surface area contributed by atoms with Crippen LogP contribution in [0.3, 0.4) is 0 Å². The number of rotatable bonds is 4. The molecule has 96 valence electrons. The number of hydrogen-bond donors (Lipinski definition) is 0. The normalized spacial score (nSPS) is 19.9. The third-order valence-electron chi connectivity index (χ3n) is 3.35. The number of likely N-dealkylation sites (tertiary alicyclic amines) is 1. The molecule has 3 nitrogen and oxygen atoms in total. The minimum Gasteiger partial charge on any atom is -0.384 e. The SMILES string of the molecule is COCC1CCN(Cc2ccc(C#N)cc2F)C1. The Morgan fingerprint density at radius 1 is 1.56 bits per heavy atom. The molecule has 1 aliphatic rings. The molecule has 1 fully saturated rings. The van der Waals surface area contributed by atoms with Crippen LogP contribution in [0, 0.1) is 23.1 Å². The highest BCUT2D eigenvalue weighted by atomic mass is 19.1. The third kappa shape index (κ3) is 3.06. The van der Waals surface area contributed by atoms with Gasteiger partial charge in [0.1, 0.15) is 5.82 Å². The second kappa shape index (κ2) is 5.94.